The van der Waals surface area contributed by atoms with E-state index in [9.17, 15) is 5.26 Å². The molecule has 0 amide bonds. The second-order valence-electron chi connectivity index (χ2n) is 4.55. The first-order valence-electron chi connectivity index (χ1n) is 6.25. The van der Waals surface area contributed by atoms with Gasteiger partial charge in [-0.2, -0.15) is 5.26 Å². The van der Waals surface area contributed by atoms with Gasteiger partial charge in [0.1, 0.15) is 23.5 Å². The van der Waals surface area contributed by atoms with Crippen LogP contribution in [0.4, 0.5) is 0 Å². The van der Waals surface area contributed by atoms with Crippen LogP contribution >= 0.6 is 11.8 Å². The summed E-state index contributed by atoms with van der Waals surface area (Å²) in [5.41, 5.74) is 6.70. The molecule has 0 aliphatic heterocycles. The minimum Gasteiger partial charge on any atom is -0.487 e. The number of thioether (sulfide) groups is 1. The third-order valence-corrected chi connectivity index (χ3v) is 4.13. The Bertz CT molecular complexity index is 456. The van der Waals surface area contributed by atoms with Crippen molar-refractivity contribution in [2.75, 3.05) is 6.26 Å². The lowest BCUT2D eigenvalue weighted by Crippen LogP contribution is -2.41. The molecule has 0 aromatic heterocycles. The topological polar surface area (TPSA) is 59.0 Å². The summed E-state index contributed by atoms with van der Waals surface area (Å²) >= 11 is 1.56. The van der Waals surface area contributed by atoms with E-state index in [2.05, 4.69) is 6.07 Å². The first-order valence-corrected chi connectivity index (χ1v) is 7.48. The maximum absolute atomic E-state index is 9.25. The molecule has 2 unspecified atom stereocenters. The van der Waals surface area contributed by atoms with Crippen LogP contribution in [-0.4, -0.2) is 18.4 Å². The summed E-state index contributed by atoms with van der Waals surface area (Å²) in [6, 6.07) is 8.05. The van der Waals surface area contributed by atoms with Gasteiger partial charge >= 0.3 is 0 Å². The average molecular weight is 262 g/mol. The summed E-state index contributed by atoms with van der Waals surface area (Å²) in [4.78, 5) is 0.958. The van der Waals surface area contributed by atoms with Gasteiger partial charge in [0, 0.05) is 10.9 Å². The number of nitrogens with two attached hydrogens (primary N) is 1. The molecular weight excluding hydrogens is 244 g/mol. The third kappa shape index (κ3) is 2.80. The molecule has 2 rings (SSSR count). The highest BCUT2D eigenvalue weighted by Gasteiger charge is 2.24. The van der Waals surface area contributed by atoms with Crippen LogP contribution in [0.2, 0.25) is 0 Å². The van der Waals surface area contributed by atoms with Gasteiger partial charge in [-0.25, -0.2) is 0 Å². The molecule has 96 valence electrons. The lowest BCUT2D eigenvalue weighted by Gasteiger charge is -2.29. The van der Waals surface area contributed by atoms with Gasteiger partial charge in [-0.15, -0.1) is 11.8 Å². The summed E-state index contributed by atoms with van der Waals surface area (Å²) in [5.74, 6) is 0.673. The number of nitriles is 1. The first-order chi connectivity index (χ1) is 8.76. The number of hydrogen-bond donors (Lipinski definition) is 1. The Hall–Kier alpha value is -1.18. The molecule has 0 bridgehead atoms. The van der Waals surface area contributed by atoms with Crippen LogP contribution in [0.1, 0.15) is 31.2 Å². The quantitative estimate of drug-likeness (QED) is 0.851. The summed E-state index contributed by atoms with van der Waals surface area (Å²) in [6.07, 6.45) is 6.33. The van der Waals surface area contributed by atoms with Crippen molar-refractivity contribution in [3.8, 4) is 11.8 Å². The summed E-state index contributed by atoms with van der Waals surface area (Å²) in [6.45, 7) is 0. The van der Waals surface area contributed by atoms with Gasteiger partial charge in [0.25, 0.3) is 0 Å². The maximum Gasteiger partial charge on any atom is 0.138 e. The molecule has 1 saturated carbocycles. The van der Waals surface area contributed by atoms with Crippen molar-refractivity contribution in [1.29, 1.82) is 5.26 Å². The van der Waals surface area contributed by atoms with Crippen LogP contribution in [0.25, 0.3) is 0 Å². The standard InChI is InChI=1S/C14H18N2OS/c1-18-14-8-4-7-12(10(14)9-15)17-13-6-3-2-5-11(13)16/h4,7-8,11,13H,2-3,5-6,16H2,1H3. The molecular formula is C14H18N2OS. The first kappa shape index (κ1) is 13.3. The molecule has 1 aliphatic rings. The molecule has 4 heteroatoms. The average Bonchev–Trinajstić information content (AvgIpc) is 2.41. The van der Waals surface area contributed by atoms with Crippen molar-refractivity contribution in [1.82, 2.24) is 0 Å². The maximum atomic E-state index is 9.25. The summed E-state index contributed by atoms with van der Waals surface area (Å²) in [5, 5.41) is 9.25. The van der Waals surface area contributed by atoms with Gasteiger partial charge in [-0.1, -0.05) is 12.5 Å². The number of rotatable bonds is 3. The van der Waals surface area contributed by atoms with E-state index < -0.39 is 0 Å². The number of hydrogen-bond acceptors (Lipinski definition) is 4. The van der Waals surface area contributed by atoms with E-state index in [0.717, 1.165) is 24.2 Å². The Labute approximate surface area is 112 Å². The summed E-state index contributed by atoms with van der Waals surface area (Å²) in [7, 11) is 0. The van der Waals surface area contributed by atoms with E-state index in [0.29, 0.717) is 11.3 Å². The molecule has 1 aromatic rings. The largest absolute Gasteiger partial charge is 0.487 e. The van der Waals surface area contributed by atoms with Crippen molar-refractivity contribution < 1.29 is 4.74 Å². The molecule has 2 N–H and O–H groups in total. The molecule has 1 fully saturated rings. The molecule has 2 atom stereocenters. The molecule has 1 aromatic carbocycles. The second kappa shape index (κ2) is 6.12. The van der Waals surface area contributed by atoms with E-state index in [4.69, 9.17) is 10.5 Å². The van der Waals surface area contributed by atoms with Crippen LogP contribution in [0.5, 0.6) is 5.75 Å². The van der Waals surface area contributed by atoms with Crippen molar-refractivity contribution >= 4 is 11.8 Å². The van der Waals surface area contributed by atoms with Crippen LogP contribution in [0, 0.1) is 11.3 Å². The number of benzene rings is 1. The highest BCUT2D eigenvalue weighted by Crippen LogP contribution is 2.30. The van der Waals surface area contributed by atoms with E-state index in [1.165, 1.54) is 6.42 Å². The minimum atomic E-state index is 0.0444. The van der Waals surface area contributed by atoms with E-state index in [-0.39, 0.29) is 12.1 Å². The van der Waals surface area contributed by atoms with Crippen LogP contribution < -0.4 is 10.5 Å². The van der Waals surface area contributed by atoms with Gasteiger partial charge < -0.3 is 10.5 Å². The lowest BCUT2D eigenvalue weighted by molar-refractivity contribution is 0.131. The highest BCUT2D eigenvalue weighted by atomic mass is 32.2. The van der Waals surface area contributed by atoms with Crippen molar-refractivity contribution in [3.05, 3.63) is 23.8 Å². The lowest BCUT2D eigenvalue weighted by atomic mass is 9.93. The van der Waals surface area contributed by atoms with E-state index >= 15 is 0 Å². The Morgan fingerprint density at radius 2 is 2.17 bits per heavy atom. The molecule has 0 radical (unpaired) electrons. The van der Waals surface area contributed by atoms with Crippen molar-refractivity contribution in [2.24, 2.45) is 5.73 Å². The number of nitrogens with zero attached hydrogens (tertiary/aromatic N) is 1. The SMILES string of the molecule is CSc1cccc(OC2CCCCC2N)c1C#N. The van der Waals surface area contributed by atoms with Gasteiger partial charge in [0.15, 0.2) is 0 Å². The fourth-order valence-corrected chi connectivity index (χ4v) is 2.89. The minimum absolute atomic E-state index is 0.0444. The smallest absolute Gasteiger partial charge is 0.138 e. The molecule has 1 aliphatic carbocycles. The van der Waals surface area contributed by atoms with Crippen LogP contribution in [-0.2, 0) is 0 Å². The zero-order chi connectivity index (χ0) is 13.0. The molecule has 18 heavy (non-hydrogen) atoms. The second-order valence-corrected chi connectivity index (χ2v) is 5.40. The van der Waals surface area contributed by atoms with Gasteiger partial charge in [-0.3, -0.25) is 0 Å². The predicted octanol–water partition coefficient (Wildman–Crippen LogP) is 2.93. The van der Waals surface area contributed by atoms with Crippen molar-refractivity contribution in [2.45, 2.75) is 42.7 Å². The third-order valence-electron chi connectivity index (χ3n) is 3.35. The molecule has 0 spiro atoms. The molecule has 0 heterocycles. The van der Waals surface area contributed by atoms with Gasteiger partial charge in [0.05, 0.1) is 0 Å². The Kier molecular flexibility index (Phi) is 4.51. The zero-order valence-corrected chi connectivity index (χ0v) is 11.4. The predicted molar refractivity (Wildman–Crippen MR) is 73.8 cm³/mol. The van der Waals surface area contributed by atoms with Gasteiger partial charge in [0.2, 0.25) is 0 Å². The fourth-order valence-electron chi connectivity index (χ4n) is 2.32. The highest BCUT2D eigenvalue weighted by molar-refractivity contribution is 7.98. The zero-order valence-electron chi connectivity index (χ0n) is 10.6. The Morgan fingerprint density at radius 1 is 1.39 bits per heavy atom. The van der Waals surface area contributed by atoms with Gasteiger partial charge in [-0.05, 0) is 37.7 Å². The molecule has 0 saturated heterocycles. The normalized spacial score (nSPS) is 23.4. The van der Waals surface area contributed by atoms with E-state index in [1.54, 1.807) is 11.8 Å². The molecule has 3 nitrogen and oxygen atoms in total. The Morgan fingerprint density at radius 3 is 2.83 bits per heavy atom. The van der Waals surface area contributed by atoms with Crippen molar-refractivity contribution in [3.63, 3.8) is 0 Å². The summed E-state index contributed by atoms with van der Waals surface area (Å²) < 4.78 is 5.97. The number of ether oxygens (including phenoxy) is 1. The fraction of sp³-hybridized carbons (Fsp3) is 0.500. The van der Waals surface area contributed by atoms with E-state index in [1.807, 2.05) is 24.5 Å². The Balaban J connectivity index is 2.20. The van der Waals surface area contributed by atoms with Crippen LogP contribution in [0.3, 0.4) is 0 Å². The van der Waals surface area contributed by atoms with Crippen LogP contribution in [0.15, 0.2) is 23.1 Å². The monoisotopic (exact) mass is 262 g/mol.